The first-order chi connectivity index (χ1) is 7.79. The minimum atomic E-state index is 0.599. The maximum Gasteiger partial charge on any atom is 0.00682 e. The molecule has 2 saturated carbocycles. The molecule has 0 heterocycles. The van der Waals surface area contributed by atoms with Gasteiger partial charge in [-0.05, 0) is 50.6 Å². The van der Waals surface area contributed by atoms with Crippen LogP contribution in [0.2, 0.25) is 0 Å². The zero-order chi connectivity index (χ0) is 11.3. The summed E-state index contributed by atoms with van der Waals surface area (Å²) in [6, 6.07) is 0.871. The van der Waals surface area contributed by atoms with Crippen molar-refractivity contribution >= 4 is 0 Å². The molecule has 2 fully saturated rings. The lowest BCUT2D eigenvalue weighted by atomic mass is 9.76. The topological polar surface area (TPSA) is 24.1 Å². The Morgan fingerprint density at radius 1 is 1.06 bits per heavy atom. The smallest absolute Gasteiger partial charge is 0.00682 e. The zero-order valence-corrected chi connectivity index (χ0v) is 10.9. The molecule has 0 aliphatic heterocycles. The monoisotopic (exact) mass is 224 g/mol. The summed E-state index contributed by atoms with van der Waals surface area (Å²) in [5, 5.41) is 7.21. The van der Waals surface area contributed by atoms with Gasteiger partial charge < -0.3 is 10.6 Å². The van der Waals surface area contributed by atoms with E-state index in [0.717, 1.165) is 6.04 Å². The summed E-state index contributed by atoms with van der Waals surface area (Å²) < 4.78 is 0. The highest BCUT2D eigenvalue weighted by Gasteiger charge is 2.25. The van der Waals surface area contributed by atoms with Gasteiger partial charge in [0.2, 0.25) is 0 Å². The van der Waals surface area contributed by atoms with Crippen molar-refractivity contribution in [3.8, 4) is 0 Å². The van der Waals surface area contributed by atoms with Crippen LogP contribution in [0.15, 0.2) is 0 Å². The van der Waals surface area contributed by atoms with Gasteiger partial charge in [-0.1, -0.05) is 26.2 Å². The maximum absolute atomic E-state index is 3.65. The molecule has 0 radical (unpaired) electrons. The van der Waals surface area contributed by atoms with E-state index in [1.165, 1.54) is 71.0 Å². The zero-order valence-electron chi connectivity index (χ0n) is 10.9. The SMILES string of the molecule is CC1(CNCCCNC2CC2)CCCCC1. The van der Waals surface area contributed by atoms with Crippen LogP contribution in [0.3, 0.4) is 0 Å². The molecule has 0 unspecified atom stereocenters. The predicted molar refractivity (Wildman–Crippen MR) is 69.7 cm³/mol. The highest BCUT2D eigenvalue weighted by molar-refractivity contribution is 4.82. The summed E-state index contributed by atoms with van der Waals surface area (Å²) >= 11 is 0. The lowest BCUT2D eigenvalue weighted by molar-refractivity contribution is 0.208. The van der Waals surface area contributed by atoms with Crippen LogP contribution >= 0.6 is 0 Å². The fourth-order valence-corrected chi connectivity index (χ4v) is 2.78. The molecule has 2 aliphatic rings. The minimum Gasteiger partial charge on any atom is -0.316 e. The van der Waals surface area contributed by atoms with Gasteiger partial charge in [-0.25, -0.2) is 0 Å². The van der Waals surface area contributed by atoms with Gasteiger partial charge >= 0.3 is 0 Å². The number of hydrogen-bond donors (Lipinski definition) is 2. The average molecular weight is 224 g/mol. The molecule has 0 aromatic rings. The van der Waals surface area contributed by atoms with Gasteiger partial charge in [-0.3, -0.25) is 0 Å². The second-order valence-electron chi connectivity index (χ2n) is 6.13. The largest absolute Gasteiger partial charge is 0.316 e. The third-order valence-corrected chi connectivity index (χ3v) is 4.15. The fourth-order valence-electron chi connectivity index (χ4n) is 2.78. The van der Waals surface area contributed by atoms with Crippen LogP contribution in [-0.2, 0) is 0 Å². The van der Waals surface area contributed by atoms with Crippen molar-refractivity contribution in [1.29, 1.82) is 0 Å². The Kier molecular flexibility index (Phi) is 4.66. The Balaban J connectivity index is 1.46. The van der Waals surface area contributed by atoms with Gasteiger partial charge in [0.15, 0.2) is 0 Å². The molecular formula is C14H28N2. The highest BCUT2D eigenvalue weighted by Crippen LogP contribution is 2.34. The van der Waals surface area contributed by atoms with Crippen molar-refractivity contribution in [1.82, 2.24) is 10.6 Å². The Hall–Kier alpha value is -0.0800. The summed E-state index contributed by atoms with van der Waals surface area (Å²) in [5.74, 6) is 0. The van der Waals surface area contributed by atoms with Crippen LogP contribution in [0.1, 0.15) is 58.3 Å². The lowest BCUT2D eigenvalue weighted by Gasteiger charge is -2.33. The van der Waals surface area contributed by atoms with Crippen LogP contribution in [0.25, 0.3) is 0 Å². The van der Waals surface area contributed by atoms with Crippen LogP contribution in [0, 0.1) is 5.41 Å². The molecule has 2 aliphatic carbocycles. The van der Waals surface area contributed by atoms with Crippen molar-refractivity contribution in [3.05, 3.63) is 0 Å². The number of nitrogens with one attached hydrogen (secondary N) is 2. The van der Waals surface area contributed by atoms with Crippen LogP contribution in [-0.4, -0.2) is 25.7 Å². The fraction of sp³-hybridized carbons (Fsp3) is 1.00. The van der Waals surface area contributed by atoms with Crippen LogP contribution < -0.4 is 10.6 Å². The normalized spacial score (nSPS) is 24.6. The average Bonchev–Trinajstić information content (AvgIpc) is 3.08. The van der Waals surface area contributed by atoms with Crippen LogP contribution in [0.4, 0.5) is 0 Å². The molecule has 0 atom stereocenters. The quantitative estimate of drug-likeness (QED) is 0.650. The van der Waals surface area contributed by atoms with Crippen molar-refractivity contribution in [2.24, 2.45) is 5.41 Å². The first kappa shape index (κ1) is 12.4. The first-order valence-electron chi connectivity index (χ1n) is 7.23. The molecule has 0 spiro atoms. The molecule has 0 aromatic heterocycles. The third-order valence-electron chi connectivity index (χ3n) is 4.15. The van der Waals surface area contributed by atoms with E-state index >= 15 is 0 Å². The molecule has 2 heteroatoms. The van der Waals surface area contributed by atoms with E-state index in [9.17, 15) is 0 Å². The maximum atomic E-state index is 3.65. The van der Waals surface area contributed by atoms with Crippen LogP contribution in [0.5, 0.6) is 0 Å². The summed E-state index contributed by atoms with van der Waals surface area (Å²) in [7, 11) is 0. The van der Waals surface area contributed by atoms with Gasteiger partial charge in [-0.15, -0.1) is 0 Å². The Morgan fingerprint density at radius 2 is 1.81 bits per heavy atom. The first-order valence-corrected chi connectivity index (χ1v) is 7.23. The minimum absolute atomic E-state index is 0.599. The Labute approximate surface area is 101 Å². The molecule has 0 saturated heterocycles. The third kappa shape index (κ3) is 4.42. The van der Waals surface area contributed by atoms with E-state index in [0.29, 0.717) is 5.41 Å². The lowest BCUT2D eigenvalue weighted by Crippen LogP contribution is -2.35. The molecule has 0 amide bonds. The van der Waals surface area contributed by atoms with Gasteiger partial charge in [0.25, 0.3) is 0 Å². The molecule has 0 bridgehead atoms. The van der Waals surface area contributed by atoms with E-state index in [-0.39, 0.29) is 0 Å². The summed E-state index contributed by atoms with van der Waals surface area (Å²) in [6.45, 7) is 6.09. The van der Waals surface area contributed by atoms with Gasteiger partial charge in [0.1, 0.15) is 0 Å². The summed E-state index contributed by atoms with van der Waals surface area (Å²) in [5.41, 5.74) is 0.599. The van der Waals surface area contributed by atoms with E-state index in [4.69, 9.17) is 0 Å². The standard InChI is InChI=1S/C14H28N2/c1-14(8-3-2-4-9-14)12-15-10-5-11-16-13-6-7-13/h13,15-16H,2-12H2,1H3. The molecule has 2 nitrogen and oxygen atoms in total. The molecule has 94 valence electrons. The number of rotatable bonds is 7. The number of hydrogen-bond acceptors (Lipinski definition) is 2. The van der Waals surface area contributed by atoms with E-state index in [2.05, 4.69) is 17.6 Å². The van der Waals surface area contributed by atoms with Gasteiger partial charge in [0.05, 0.1) is 0 Å². The molecular weight excluding hydrogens is 196 g/mol. The summed E-state index contributed by atoms with van der Waals surface area (Å²) in [6.07, 6.45) is 11.3. The van der Waals surface area contributed by atoms with Crippen molar-refractivity contribution < 1.29 is 0 Å². The second-order valence-corrected chi connectivity index (χ2v) is 6.13. The summed E-state index contributed by atoms with van der Waals surface area (Å²) in [4.78, 5) is 0. The molecule has 0 aromatic carbocycles. The van der Waals surface area contributed by atoms with Gasteiger partial charge in [0, 0.05) is 12.6 Å². The van der Waals surface area contributed by atoms with Crippen molar-refractivity contribution in [2.45, 2.75) is 64.3 Å². The van der Waals surface area contributed by atoms with Crippen molar-refractivity contribution in [3.63, 3.8) is 0 Å². The molecule has 16 heavy (non-hydrogen) atoms. The van der Waals surface area contributed by atoms with Gasteiger partial charge in [-0.2, -0.15) is 0 Å². The Bertz CT molecular complexity index is 193. The Morgan fingerprint density at radius 3 is 2.50 bits per heavy atom. The molecule has 2 rings (SSSR count). The highest BCUT2D eigenvalue weighted by atomic mass is 15.0. The van der Waals surface area contributed by atoms with E-state index < -0.39 is 0 Å². The second kappa shape index (κ2) is 6.02. The van der Waals surface area contributed by atoms with E-state index in [1.54, 1.807) is 0 Å². The molecule has 2 N–H and O–H groups in total. The predicted octanol–water partition coefficient (Wildman–Crippen LogP) is 2.69. The van der Waals surface area contributed by atoms with E-state index in [1.807, 2.05) is 0 Å². The van der Waals surface area contributed by atoms with Crippen molar-refractivity contribution in [2.75, 3.05) is 19.6 Å².